The van der Waals surface area contributed by atoms with Gasteiger partial charge in [-0.3, -0.25) is 4.90 Å². The lowest BCUT2D eigenvalue weighted by atomic mass is 10.1. The first-order chi connectivity index (χ1) is 11.7. The molecule has 2 aromatic heterocycles. The van der Waals surface area contributed by atoms with Crippen molar-refractivity contribution >= 4 is 28.7 Å². The summed E-state index contributed by atoms with van der Waals surface area (Å²) in [7, 11) is 2.18. The van der Waals surface area contributed by atoms with Crippen LogP contribution in [0.2, 0.25) is 0 Å². The predicted molar refractivity (Wildman–Crippen MR) is 99.1 cm³/mol. The van der Waals surface area contributed by atoms with Gasteiger partial charge in [0.15, 0.2) is 9.90 Å². The van der Waals surface area contributed by atoms with E-state index in [9.17, 15) is 0 Å². The summed E-state index contributed by atoms with van der Waals surface area (Å²) in [5, 5.41) is 1.17. The molecule has 128 valence electrons. The molecule has 0 atom stereocenters. The molecule has 1 N–H and O–H groups in total. The van der Waals surface area contributed by atoms with Crippen LogP contribution in [0.15, 0.2) is 12.4 Å². The molecule has 0 bridgehead atoms. The van der Waals surface area contributed by atoms with Crippen molar-refractivity contribution in [2.45, 2.75) is 19.5 Å². The van der Waals surface area contributed by atoms with Crippen molar-refractivity contribution in [3.8, 4) is 0 Å². The first-order valence-corrected chi connectivity index (χ1v) is 9.57. The van der Waals surface area contributed by atoms with Crippen molar-refractivity contribution in [3.05, 3.63) is 33.3 Å². The predicted octanol–water partition coefficient (Wildman–Crippen LogP) is 1.91. The van der Waals surface area contributed by atoms with Gasteiger partial charge in [-0.05, 0) is 19.3 Å². The first-order valence-electron chi connectivity index (χ1n) is 8.35. The molecule has 4 heterocycles. The third-order valence-corrected chi connectivity index (χ3v) is 6.00. The SMILES string of the molecule is CN1CCN(c2ncc(CN3CCc4[nH]c(=S)ncc4C3)s2)CC1. The van der Waals surface area contributed by atoms with E-state index in [-0.39, 0.29) is 0 Å². The van der Waals surface area contributed by atoms with Gasteiger partial charge in [0.05, 0.1) is 0 Å². The fraction of sp³-hybridized carbons (Fsp3) is 0.562. The van der Waals surface area contributed by atoms with E-state index in [1.807, 2.05) is 23.7 Å². The zero-order valence-electron chi connectivity index (χ0n) is 13.9. The minimum Gasteiger partial charge on any atom is -0.346 e. The molecule has 0 aromatic carbocycles. The van der Waals surface area contributed by atoms with Gasteiger partial charge in [0, 0.05) is 80.8 Å². The van der Waals surface area contributed by atoms with Crippen LogP contribution in [0.25, 0.3) is 0 Å². The number of nitrogens with zero attached hydrogens (tertiary/aromatic N) is 5. The van der Waals surface area contributed by atoms with Crippen molar-refractivity contribution in [1.29, 1.82) is 0 Å². The summed E-state index contributed by atoms with van der Waals surface area (Å²) in [6.45, 7) is 7.32. The molecule has 2 aliphatic heterocycles. The zero-order chi connectivity index (χ0) is 16.5. The Morgan fingerprint density at radius 2 is 2.00 bits per heavy atom. The highest BCUT2D eigenvalue weighted by atomic mass is 32.1. The van der Waals surface area contributed by atoms with Gasteiger partial charge >= 0.3 is 0 Å². The summed E-state index contributed by atoms with van der Waals surface area (Å²) in [5.74, 6) is 0. The Balaban J connectivity index is 1.40. The van der Waals surface area contributed by atoms with Crippen LogP contribution >= 0.6 is 23.6 Å². The molecule has 6 nitrogen and oxygen atoms in total. The number of likely N-dealkylation sites (N-methyl/N-ethyl adjacent to an activating group) is 1. The Labute approximate surface area is 151 Å². The molecule has 0 spiro atoms. The molecule has 2 aliphatic rings. The Hall–Kier alpha value is -1.35. The van der Waals surface area contributed by atoms with Crippen LogP contribution in [0, 0.1) is 4.77 Å². The monoisotopic (exact) mass is 362 g/mol. The summed E-state index contributed by atoms with van der Waals surface area (Å²) < 4.78 is 0.585. The largest absolute Gasteiger partial charge is 0.346 e. The highest BCUT2D eigenvalue weighted by Crippen LogP contribution is 2.26. The molecule has 1 saturated heterocycles. The van der Waals surface area contributed by atoms with Crippen molar-refractivity contribution in [1.82, 2.24) is 24.8 Å². The number of aromatic nitrogens is 3. The fourth-order valence-corrected chi connectivity index (χ4v) is 4.45. The summed E-state index contributed by atoms with van der Waals surface area (Å²) in [6.07, 6.45) is 4.97. The third kappa shape index (κ3) is 3.51. The van der Waals surface area contributed by atoms with Crippen LogP contribution in [0.3, 0.4) is 0 Å². The lowest BCUT2D eigenvalue weighted by Crippen LogP contribution is -2.44. The van der Waals surface area contributed by atoms with Crippen LogP contribution in [0.5, 0.6) is 0 Å². The fourth-order valence-electron chi connectivity index (χ4n) is 3.27. The molecule has 0 radical (unpaired) electrons. The lowest BCUT2D eigenvalue weighted by Gasteiger charge is -2.32. The number of nitrogens with one attached hydrogen (secondary N) is 1. The second-order valence-electron chi connectivity index (χ2n) is 6.55. The molecule has 1 fully saturated rings. The van der Waals surface area contributed by atoms with Crippen molar-refractivity contribution in [3.63, 3.8) is 0 Å². The minimum atomic E-state index is 0.585. The van der Waals surface area contributed by atoms with Crippen LogP contribution < -0.4 is 4.90 Å². The van der Waals surface area contributed by atoms with Gasteiger partial charge in [-0.25, -0.2) is 9.97 Å². The third-order valence-electron chi connectivity index (χ3n) is 4.75. The van der Waals surface area contributed by atoms with E-state index in [4.69, 9.17) is 12.2 Å². The Kier molecular flexibility index (Phi) is 4.62. The number of hydrogen-bond acceptors (Lipinski definition) is 7. The quantitative estimate of drug-likeness (QED) is 0.842. The average Bonchev–Trinajstić information content (AvgIpc) is 3.04. The number of rotatable bonds is 3. The molecule has 4 rings (SSSR count). The standard InChI is InChI=1S/C16H22N6S2/c1-20-4-6-22(7-5-20)16-18-9-13(24-16)11-21-3-2-14-12(10-21)8-17-15(23)19-14/h8-9H,2-7,10-11H2,1H3,(H,17,19,23). The zero-order valence-corrected chi connectivity index (χ0v) is 15.5. The minimum absolute atomic E-state index is 0.585. The molecule has 0 amide bonds. The summed E-state index contributed by atoms with van der Waals surface area (Å²) in [6, 6.07) is 0. The molecule has 0 saturated carbocycles. The molecule has 2 aromatic rings. The van der Waals surface area contributed by atoms with E-state index >= 15 is 0 Å². The number of piperazine rings is 1. The van der Waals surface area contributed by atoms with Gasteiger partial charge < -0.3 is 14.8 Å². The molecule has 8 heteroatoms. The van der Waals surface area contributed by atoms with Crippen LogP contribution in [-0.4, -0.2) is 64.5 Å². The van der Waals surface area contributed by atoms with Crippen LogP contribution in [-0.2, 0) is 19.5 Å². The summed E-state index contributed by atoms with van der Waals surface area (Å²) in [4.78, 5) is 20.7. The molecule has 0 unspecified atom stereocenters. The van der Waals surface area contributed by atoms with Gasteiger partial charge in [0.1, 0.15) is 0 Å². The molecular weight excluding hydrogens is 340 g/mol. The number of fused-ring (bicyclic) bond motifs is 1. The number of thiazole rings is 1. The number of hydrogen-bond donors (Lipinski definition) is 1. The Bertz CT molecular complexity index is 762. The van der Waals surface area contributed by atoms with Crippen molar-refractivity contribution in [2.75, 3.05) is 44.7 Å². The van der Waals surface area contributed by atoms with Gasteiger partial charge in [0.2, 0.25) is 0 Å². The molecular formula is C16H22N6S2. The Morgan fingerprint density at radius 3 is 2.83 bits per heavy atom. The second kappa shape index (κ2) is 6.87. The normalized spacial score (nSPS) is 19.5. The van der Waals surface area contributed by atoms with E-state index < -0.39 is 0 Å². The average molecular weight is 363 g/mol. The van der Waals surface area contributed by atoms with Gasteiger partial charge in [-0.15, -0.1) is 11.3 Å². The van der Waals surface area contributed by atoms with Gasteiger partial charge in [-0.1, -0.05) is 0 Å². The topological polar surface area (TPSA) is 51.3 Å². The van der Waals surface area contributed by atoms with Crippen LogP contribution in [0.4, 0.5) is 5.13 Å². The molecule has 24 heavy (non-hydrogen) atoms. The maximum absolute atomic E-state index is 5.11. The highest BCUT2D eigenvalue weighted by molar-refractivity contribution is 7.71. The number of aromatic amines is 1. The van der Waals surface area contributed by atoms with Gasteiger partial charge in [-0.2, -0.15) is 0 Å². The lowest BCUT2D eigenvalue weighted by molar-refractivity contribution is 0.244. The smallest absolute Gasteiger partial charge is 0.196 e. The molecule has 0 aliphatic carbocycles. The van der Waals surface area contributed by atoms with E-state index in [0.29, 0.717) is 4.77 Å². The highest BCUT2D eigenvalue weighted by Gasteiger charge is 2.20. The number of H-pyrrole nitrogens is 1. The maximum Gasteiger partial charge on any atom is 0.196 e. The Morgan fingerprint density at radius 1 is 1.17 bits per heavy atom. The number of anilines is 1. The van der Waals surface area contributed by atoms with Gasteiger partial charge in [0.25, 0.3) is 0 Å². The first kappa shape index (κ1) is 16.1. The maximum atomic E-state index is 5.11. The van der Waals surface area contributed by atoms with E-state index in [1.54, 1.807) is 0 Å². The summed E-state index contributed by atoms with van der Waals surface area (Å²) >= 11 is 6.94. The summed E-state index contributed by atoms with van der Waals surface area (Å²) in [5.41, 5.74) is 2.51. The second-order valence-corrected chi connectivity index (χ2v) is 8.03. The van der Waals surface area contributed by atoms with E-state index in [1.165, 1.54) is 21.3 Å². The van der Waals surface area contributed by atoms with Crippen molar-refractivity contribution < 1.29 is 0 Å². The van der Waals surface area contributed by atoms with E-state index in [2.05, 4.69) is 36.7 Å². The van der Waals surface area contributed by atoms with E-state index in [0.717, 1.165) is 52.2 Å². The van der Waals surface area contributed by atoms with Crippen molar-refractivity contribution in [2.24, 2.45) is 0 Å². The van der Waals surface area contributed by atoms with Crippen LogP contribution in [0.1, 0.15) is 16.1 Å².